The zero-order valence-electron chi connectivity index (χ0n) is 16.3. The molecule has 0 radical (unpaired) electrons. The molecule has 0 heterocycles. The van der Waals surface area contributed by atoms with Gasteiger partial charge in [0.25, 0.3) is 0 Å². The number of rotatable bonds is 8. The number of nitrogens with zero attached hydrogens (tertiary/aromatic N) is 1. The van der Waals surface area contributed by atoms with Crippen molar-refractivity contribution in [2.45, 2.75) is 52.1 Å². The van der Waals surface area contributed by atoms with Crippen molar-refractivity contribution < 1.29 is 14.3 Å². The molecule has 142 valence electrons. The standard InChI is InChI=1S/C23H27NO3/c1-16-4-7-19(14-17(16)2)22(25)12-13-23(26)24(20-8-9-20)15-18-5-10-21(27-3)11-6-18/h4-7,10-11,14,20H,8-9,12-13,15H2,1-3H3. The van der Waals surface area contributed by atoms with Gasteiger partial charge >= 0.3 is 0 Å². The van der Waals surface area contributed by atoms with Crippen LogP contribution >= 0.6 is 0 Å². The van der Waals surface area contributed by atoms with Crippen molar-refractivity contribution in [1.29, 1.82) is 0 Å². The fourth-order valence-corrected chi connectivity index (χ4v) is 3.16. The largest absolute Gasteiger partial charge is 0.497 e. The van der Waals surface area contributed by atoms with Crippen LogP contribution < -0.4 is 4.74 Å². The number of benzene rings is 2. The Labute approximate surface area is 161 Å². The molecule has 0 aliphatic heterocycles. The molecule has 1 aliphatic carbocycles. The lowest BCUT2D eigenvalue weighted by Gasteiger charge is -2.22. The van der Waals surface area contributed by atoms with Crippen LogP contribution in [0.5, 0.6) is 5.75 Å². The van der Waals surface area contributed by atoms with Gasteiger partial charge in [0.15, 0.2) is 5.78 Å². The van der Waals surface area contributed by atoms with E-state index in [-0.39, 0.29) is 24.5 Å². The Balaban J connectivity index is 1.59. The van der Waals surface area contributed by atoms with Crippen LogP contribution in [0.2, 0.25) is 0 Å². The van der Waals surface area contributed by atoms with E-state index in [2.05, 4.69) is 0 Å². The van der Waals surface area contributed by atoms with Gasteiger partial charge in [-0.15, -0.1) is 0 Å². The number of methoxy groups -OCH3 is 1. The van der Waals surface area contributed by atoms with Gasteiger partial charge in [-0.05, 0) is 61.6 Å². The van der Waals surface area contributed by atoms with Gasteiger partial charge in [0, 0.05) is 31.0 Å². The Bertz CT molecular complexity index is 822. The number of hydrogen-bond donors (Lipinski definition) is 0. The summed E-state index contributed by atoms with van der Waals surface area (Å²) < 4.78 is 5.19. The SMILES string of the molecule is COc1ccc(CN(C(=O)CCC(=O)c2ccc(C)c(C)c2)C2CC2)cc1. The molecule has 0 saturated heterocycles. The number of ether oxygens (including phenoxy) is 1. The number of carbonyl (C=O) groups is 2. The highest BCUT2D eigenvalue weighted by Crippen LogP contribution is 2.29. The van der Waals surface area contributed by atoms with Gasteiger partial charge in [0.05, 0.1) is 7.11 Å². The molecule has 4 heteroatoms. The highest BCUT2D eigenvalue weighted by molar-refractivity contribution is 5.98. The maximum Gasteiger partial charge on any atom is 0.223 e. The summed E-state index contributed by atoms with van der Waals surface area (Å²) in [5.74, 6) is 0.902. The summed E-state index contributed by atoms with van der Waals surface area (Å²) in [5.41, 5.74) is 4.05. The van der Waals surface area contributed by atoms with Crippen LogP contribution in [0.1, 0.15) is 52.7 Å². The Hall–Kier alpha value is -2.62. The minimum absolute atomic E-state index is 0.0339. The highest BCUT2D eigenvalue weighted by atomic mass is 16.5. The van der Waals surface area contributed by atoms with E-state index >= 15 is 0 Å². The van der Waals surface area contributed by atoms with Crippen molar-refractivity contribution in [2.24, 2.45) is 0 Å². The molecule has 2 aromatic rings. The lowest BCUT2D eigenvalue weighted by Crippen LogP contribution is -2.32. The molecular weight excluding hydrogens is 338 g/mol. The molecule has 0 N–H and O–H groups in total. The Morgan fingerprint density at radius 1 is 1.00 bits per heavy atom. The average Bonchev–Trinajstić information content (AvgIpc) is 3.51. The van der Waals surface area contributed by atoms with Gasteiger partial charge in [-0.2, -0.15) is 0 Å². The van der Waals surface area contributed by atoms with Crippen LogP contribution in [0, 0.1) is 13.8 Å². The average molecular weight is 365 g/mol. The molecule has 1 saturated carbocycles. The first-order valence-corrected chi connectivity index (χ1v) is 9.51. The van der Waals surface area contributed by atoms with E-state index in [0.717, 1.165) is 29.7 Å². The van der Waals surface area contributed by atoms with E-state index in [1.165, 1.54) is 5.56 Å². The summed E-state index contributed by atoms with van der Waals surface area (Å²) in [4.78, 5) is 27.1. The van der Waals surface area contributed by atoms with E-state index in [9.17, 15) is 9.59 Å². The second-order valence-corrected chi connectivity index (χ2v) is 7.32. The Kier molecular flexibility index (Phi) is 5.94. The number of aryl methyl sites for hydroxylation is 2. The van der Waals surface area contributed by atoms with Crippen LogP contribution in [0.25, 0.3) is 0 Å². The van der Waals surface area contributed by atoms with Crippen molar-refractivity contribution in [3.63, 3.8) is 0 Å². The molecule has 0 unspecified atom stereocenters. The van der Waals surface area contributed by atoms with E-state index in [1.54, 1.807) is 7.11 Å². The minimum atomic E-state index is 0.0339. The summed E-state index contributed by atoms with van der Waals surface area (Å²) in [6.07, 6.45) is 2.62. The summed E-state index contributed by atoms with van der Waals surface area (Å²) in [6, 6.07) is 13.8. The molecule has 0 atom stereocenters. The van der Waals surface area contributed by atoms with Gasteiger partial charge in [0.2, 0.25) is 5.91 Å². The first kappa shape index (κ1) is 19.2. The molecule has 4 nitrogen and oxygen atoms in total. The van der Waals surface area contributed by atoms with E-state index in [0.29, 0.717) is 18.2 Å². The molecular formula is C23H27NO3. The zero-order chi connectivity index (χ0) is 19.4. The molecule has 0 spiro atoms. The number of amides is 1. The van der Waals surface area contributed by atoms with Crippen LogP contribution in [-0.4, -0.2) is 29.7 Å². The highest BCUT2D eigenvalue weighted by Gasteiger charge is 2.32. The van der Waals surface area contributed by atoms with E-state index < -0.39 is 0 Å². The fraction of sp³-hybridized carbons (Fsp3) is 0.391. The van der Waals surface area contributed by atoms with Crippen LogP contribution in [0.15, 0.2) is 42.5 Å². The first-order valence-electron chi connectivity index (χ1n) is 9.51. The van der Waals surface area contributed by atoms with Crippen LogP contribution in [0.3, 0.4) is 0 Å². The maximum atomic E-state index is 12.8. The zero-order valence-corrected chi connectivity index (χ0v) is 16.3. The Morgan fingerprint density at radius 3 is 2.30 bits per heavy atom. The second kappa shape index (κ2) is 8.38. The third-order valence-electron chi connectivity index (χ3n) is 5.21. The van der Waals surface area contributed by atoms with Crippen molar-refractivity contribution in [3.8, 4) is 5.75 Å². The summed E-state index contributed by atoms with van der Waals surface area (Å²) in [5, 5.41) is 0. The van der Waals surface area contributed by atoms with Crippen molar-refractivity contribution in [2.75, 3.05) is 7.11 Å². The van der Waals surface area contributed by atoms with Crippen molar-refractivity contribution >= 4 is 11.7 Å². The second-order valence-electron chi connectivity index (χ2n) is 7.32. The molecule has 0 aromatic heterocycles. The Morgan fingerprint density at radius 2 is 1.70 bits per heavy atom. The molecule has 0 bridgehead atoms. The summed E-state index contributed by atoms with van der Waals surface area (Å²) >= 11 is 0. The quantitative estimate of drug-likeness (QED) is 0.649. The molecule has 3 rings (SSSR count). The van der Waals surface area contributed by atoms with Gasteiger partial charge in [0.1, 0.15) is 5.75 Å². The van der Waals surface area contributed by atoms with Gasteiger partial charge in [-0.1, -0.05) is 24.3 Å². The molecule has 1 aliphatic rings. The number of carbonyl (C=O) groups excluding carboxylic acids is 2. The molecule has 1 fully saturated rings. The first-order chi connectivity index (χ1) is 13.0. The minimum Gasteiger partial charge on any atom is -0.497 e. The predicted octanol–water partition coefficient (Wildman–Crippen LogP) is 4.47. The predicted molar refractivity (Wildman–Crippen MR) is 106 cm³/mol. The third-order valence-corrected chi connectivity index (χ3v) is 5.21. The lowest BCUT2D eigenvalue weighted by atomic mass is 10.0. The molecule has 2 aromatic carbocycles. The number of ketones is 1. The number of hydrogen-bond acceptors (Lipinski definition) is 3. The number of Topliss-reactive ketones (excluding diaryl/α,β-unsaturated/α-hetero) is 1. The van der Waals surface area contributed by atoms with E-state index in [4.69, 9.17) is 4.74 Å². The molecule has 1 amide bonds. The van der Waals surface area contributed by atoms with Gasteiger partial charge in [-0.25, -0.2) is 0 Å². The van der Waals surface area contributed by atoms with Gasteiger partial charge in [-0.3, -0.25) is 9.59 Å². The van der Waals surface area contributed by atoms with Crippen LogP contribution in [-0.2, 0) is 11.3 Å². The summed E-state index contributed by atoms with van der Waals surface area (Å²) in [7, 11) is 1.64. The smallest absolute Gasteiger partial charge is 0.223 e. The van der Waals surface area contributed by atoms with Crippen molar-refractivity contribution in [1.82, 2.24) is 4.90 Å². The molecule has 27 heavy (non-hydrogen) atoms. The maximum absolute atomic E-state index is 12.8. The normalized spacial score (nSPS) is 13.3. The topological polar surface area (TPSA) is 46.6 Å². The van der Waals surface area contributed by atoms with Gasteiger partial charge < -0.3 is 9.64 Å². The third kappa shape index (κ3) is 4.97. The van der Waals surface area contributed by atoms with Crippen molar-refractivity contribution in [3.05, 3.63) is 64.7 Å². The van der Waals surface area contributed by atoms with Crippen LogP contribution in [0.4, 0.5) is 0 Å². The fourth-order valence-electron chi connectivity index (χ4n) is 3.16. The lowest BCUT2D eigenvalue weighted by molar-refractivity contribution is -0.132. The summed E-state index contributed by atoms with van der Waals surface area (Å²) in [6.45, 7) is 4.62. The monoisotopic (exact) mass is 365 g/mol. The van der Waals surface area contributed by atoms with E-state index in [1.807, 2.05) is 61.2 Å².